The van der Waals surface area contributed by atoms with Crippen LogP contribution < -0.4 is 0 Å². The van der Waals surface area contributed by atoms with E-state index in [0.29, 0.717) is 0 Å². The Morgan fingerprint density at radius 2 is 2.07 bits per heavy atom. The van der Waals surface area contributed by atoms with Crippen LogP contribution in [0.2, 0.25) is 0 Å². The Morgan fingerprint density at radius 1 is 1.40 bits per heavy atom. The molecular formula is C9H5F3N2O. The van der Waals surface area contributed by atoms with E-state index >= 15 is 0 Å². The lowest BCUT2D eigenvalue weighted by molar-refractivity contribution is -0.137. The van der Waals surface area contributed by atoms with E-state index in [2.05, 4.69) is 5.16 Å². The summed E-state index contributed by atoms with van der Waals surface area (Å²) in [5, 5.41) is 19.4. The summed E-state index contributed by atoms with van der Waals surface area (Å²) in [4.78, 5) is 0. The van der Waals surface area contributed by atoms with Gasteiger partial charge in [0, 0.05) is 5.56 Å². The van der Waals surface area contributed by atoms with E-state index in [0.717, 1.165) is 18.2 Å². The van der Waals surface area contributed by atoms with Crippen LogP contribution in [-0.2, 0) is 6.18 Å². The number of nitrogens with zero attached hydrogens (tertiary/aromatic N) is 2. The van der Waals surface area contributed by atoms with Gasteiger partial charge in [-0.15, -0.1) is 0 Å². The Bertz CT molecular complexity index is 432. The molecule has 1 aromatic rings. The van der Waals surface area contributed by atoms with Gasteiger partial charge in [-0.25, -0.2) is 0 Å². The Labute approximate surface area is 83.1 Å². The minimum atomic E-state index is -4.48. The van der Waals surface area contributed by atoms with Gasteiger partial charge in [-0.2, -0.15) is 18.4 Å². The molecule has 0 aromatic heterocycles. The maximum absolute atomic E-state index is 12.3. The summed E-state index contributed by atoms with van der Waals surface area (Å²) in [6.07, 6.45) is -4.48. The molecule has 0 fully saturated rings. The molecule has 0 saturated heterocycles. The highest BCUT2D eigenvalue weighted by atomic mass is 19.4. The molecule has 78 valence electrons. The number of alkyl halides is 3. The highest BCUT2D eigenvalue weighted by Gasteiger charge is 2.30. The Morgan fingerprint density at radius 3 is 2.53 bits per heavy atom. The molecule has 0 spiro atoms. The van der Waals surface area contributed by atoms with Crippen molar-refractivity contribution in [2.24, 2.45) is 5.16 Å². The second-order valence-electron chi connectivity index (χ2n) is 2.64. The first-order chi connectivity index (χ1) is 6.99. The van der Waals surface area contributed by atoms with Crippen molar-refractivity contribution >= 4 is 5.71 Å². The normalized spacial score (nSPS) is 12.3. The van der Waals surface area contributed by atoms with E-state index in [9.17, 15) is 13.2 Å². The van der Waals surface area contributed by atoms with Gasteiger partial charge in [0.15, 0.2) is 5.71 Å². The minimum Gasteiger partial charge on any atom is -0.410 e. The van der Waals surface area contributed by atoms with Crippen molar-refractivity contribution in [1.29, 1.82) is 5.26 Å². The van der Waals surface area contributed by atoms with E-state index in [-0.39, 0.29) is 5.56 Å². The molecule has 0 heterocycles. The summed E-state index contributed by atoms with van der Waals surface area (Å²) in [5.41, 5.74) is -1.42. The first kappa shape index (κ1) is 11.0. The molecule has 0 saturated carbocycles. The molecular weight excluding hydrogens is 209 g/mol. The molecule has 0 radical (unpaired) electrons. The van der Waals surface area contributed by atoms with Crippen LogP contribution in [-0.4, -0.2) is 10.9 Å². The molecule has 0 aliphatic heterocycles. The van der Waals surface area contributed by atoms with Gasteiger partial charge < -0.3 is 5.21 Å². The van der Waals surface area contributed by atoms with Crippen LogP contribution in [0.4, 0.5) is 13.2 Å². The fourth-order valence-electron chi connectivity index (χ4n) is 0.987. The van der Waals surface area contributed by atoms with Gasteiger partial charge in [-0.3, -0.25) is 0 Å². The van der Waals surface area contributed by atoms with Gasteiger partial charge in [0.05, 0.1) is 5.56 Å². The van der Waals surface area contributed by atoms with Gasteiger partial charge >= 0.3 is 6.18 Å². The molecule has 15 heavy (non-hydrogen) atoms. The van der Waals surface area contributed by atoms with Crippen LogP contribution in [0.3, 0.4) is 0 Å². The topological polar surface area (TPSA) is 56.4 Å². The maximum atomic E-state index is 12.3. The average Bonchev–Trinajstić information content (AvgIpc) is 2.19. The van der Waals surface area contributed by atoms with E-state index < -0.39 is 17.5 Å². The second-order valence-corrected chi connectivity index (χ2v) is 2.64. The summed E-state index contributed by atoms with van der Waals surface area (Å²) in [6.45, 7) is 0. The number of halogens is 3. The standard InChI is InChI=1S/C9H5F3N2O/c10-9(11,12)7-3-1-2-6(4-7)8(5-13)14-15/h1-4,15H. The van der Waals surface area contributed by atoms with Crippen LogP contribution in [0, 0.1) is 11.3 Å². The molecule has 1 aromatic carbocycles. The van der Waals surface area contributed by atoms with Gasteiger partial charge in [-0.05, 0) is 12.1 Å². The highest BCUT2D eigenvalue weighted by molar-refractivity contribution is 6.11. The van der Waals surface area contributed by atoms with E-state index in [4.69, 9.17) is 10.5 Å². The molecule has 6 heteroatoms. The Kier molecular flexibility index (Phi) is 2.95. The van der Waals surface area contributed by atoms with Crippen molar-refractivity contribution in [1.82, 2.24) is 0 Å². The molecule has 0 bridgehead atoms. The lowest BCUT2D eigenvalue weighted by Gasteiger charge is -2.06. The lowest BCUT2D eigenvalue weighted by atomic mass is 10.1. The van der Waals surface area contributed by atoms with Crippen molar-refractivity contribution in [3.8, 4) is 6.07 Å². The lowest BCUT2D eigenvalue weighted by Crippen LogP contribution is -2.07. The van der Waals surface area contributed by atoms with Crippen LogP contribution in [0.25, 0.3) is 0 Å². The zero-order valence-corrected chi connectivity index (χ0v) is 7.28. The van der Waals surface area contributed by atoms with Crippen molar-refractivity contribution < 1.29 is 18.4 Å². The number of oxime groups is 1. The largest absolute Gasteiger partial charge is 0.416 e. The predicted octanol–water partition coefficient (Wildman–Crippen LogP) is 2.41. The van der Waals surface area contributed by atoms with Crippen molar-refractivity contribution in [2.45, 2.75) is 6.18 Å². The summed E-state index contributed by atoms with van der Waals surface area (Å²) >= 11 is 0. The van der Waals surface area contributed by atoms with Gasteiger partial charge in [-0.1, -0.05) is 17.3 Å². The molecule has 0 aliphatic carbocycles. The Balaban J connectivity index is 3.21. The molecule has 0 atom stereocenters. The smallest absolute Gasteiger partial charge is 0.410 e. The zero-order valence-electron chi connectivity index (χ0n) is 7.28. The SMILES string of the molecule is N#CC(=NO)c1cccc(C(F)(F)F)c1. The predicted molar refractivity (Wildman–Crippen MR) is 45.4 cm³/mol. The summed E-state index contributed by atoms with van der Waals surface area (Å²) < 4.78 is 36.8. The van der Waals surface area contributed by atoms with Crippen molar-refractivity contribution in [3.05, 3.63) is 35.4 Å². The molecule has 1 N–H and O–H groups in total. The molecule has 0 aliphatic rings. The number of nitriles is 1. The third-order valence-electron chi connectivity index (χ3n) is 1.67. The average molecular weight is 214 g/mol. The summed E-state index contributed by atoms with van der Waals surface area (Å²) in [5.74, 6) is 0. The van der Waals surface area contributed by atoms with Crippen LogP contribution in [0.15, 0.2) is 29.4 Å². The third kappa shape index (κ3) is 2.47. The van der Waals surface area contributed by atoms with Crippen molar-refractivity contribution in [2.75, 3.05) is 0 Å². The number of hydrogen-bond donors (Lipinski definition) is 1. The first-order valence-electron chi connectivity index (χ1n) is 3.79. The Hall–Kier alpha value is -2.03. The van der Waals surface area contributed by atoms with Gasteiger partial charge in [0.2, 0.25) is 0 Å². The second kappa shape index (κ2) is 4.00. The van der Waals surface area contributed by atoms with E-state index in [1.165, 1.54) is 12.1 Å². The summed E-state index contributed by atoms with van der Waals surface area (Å²) in [7, 11) is 0. The van der Waals surface area contributed by atoms with Crippen LogP contribution >= 0.6 is 0 Å². The monoisotopic (exact) mass is 214 g/mol. The number of rotatable bonds is 1. The quantitative estimate of drug-likeness (QED) is 0.443. The first-order valence-corrected chi connectivity index (χ1v) is 3.79. The number of benzene rings is 1. The molecule has 0 amide bonds. The molecule has 0 unspecified atom stereocenters. The third-order valence-corrected chi connectivity index (χ3v) is 1.67. The number of hydrogen-bond acceptors (Lipinski definition) is 3. The van der Waals surface area contributed by atoms with E-state index in [1.807, 2.05) is 0 Å². The highest BCUT2D eigenvalue weighted by Crippen LogP contribution is 2.29. The minimum absolute atomic E-state index is 0.0742. The van der Waals surface area contributed by atoms with Crippen LogP contribution in [0.5, 0.6) is 0 Å². The fourth-order valence-corrected chi connectivity index (χ4v) is 0.987. The van der Waals surface area contributed by atoms with Gasteiger partial charge in [0.25, 0.3) is 0 Å². The van der Waals surface area contributed by atoms with Crippen LogP contribution in [0.1, 0.15) is 11.1 Å². The molecule has 1 rings (SSSR count). The van der Waals surface area contributed by atoms with E-state index in [1.54, 1.807) is 0 Å². The van der Waals surface area contributed by atoms with Crippen molar-refractivity contribution in [3.63, 3.8) is 0 Å². The van der Waals surface area contributed by atoms with Gasteiger partial charge in [0.1, 0.15) is 6.07 Å². The molecule has 3 nitrogen and oxygen atoms in total. The fraction of sp³-hybridized carbons (Fsp3) is 0.111. The zero-order chi connectivity index (χ0) is 11.5. The maximum Gasteiger partial charge on any atom is 0.416 e. The summed E-state index contributed by atoms with van der Waals surface area (Å²) in [6, 6.07) is 5.50.